The Morgan fingerprint density at radius 2 is 0.700 bits per heavy atom. The summed E-state index contributed by atoms with van der Waals surface area (Å²) in [6.07, 6.45) is 3.40. The predicted molar refractivity (Wildman–Crippen MR) is 242 cm³/mol. The minimum Gasteiger partial charge on any atom is -0.550 e. The maximum Gasteiger partial charge on any atom is 0.426 e. The van der Waals surface area contributed by atoms with Crippen LogP contribution in [0.4, 0.5) is 22.7 Å². The van der Waals surface area contributed by atoms with Crippen LogP contribution in [-0.4, -0.2) is 36.1 Å². The fourth-order valence-corrected chi connectivity index (χ4v) is 6.86. The third-order valence-corrected chi connectivity index (χ3v) is 9.87. The van der Waals surface area contributed by atoms with Crippen molar-refractivity contribution in [1.82, 2.24) is 0 Å². The lowest BCUT2D eigenvalue weighted by molar-refractivity contribution is -0.385. The number of rotatable bonds is 14. The lowest BCUT2D eigenvalue weighted by Gasteiger charge is -2.23. The molecule has 0 aromatic heterocycles. The van der Waals surface area contributed by atoms with Gasteiger partial charge in [-0.25, -0.2) is 0 Å². The molecule has 0 saturated heterocycles. The standard InChI is InChI=1S/C48H34B2N4O6/c55-53(56)43-27-23-41(24-28-43)51-33-35-21-32-46-45(47(35)59-49(37-13-5-1-6-14-37)38-15-7-2-8-16-38)31-22-36(34-52-42-25-29-44(30-26-42)54(57)58)48(46)60-50(39-17-9-3-10-18-39)40-19-11-4-12-20-40/h1-34H. The van der Waals surface area contributed by atoms with Crippen molar-refractivity contribution in [1.29, 1.82) is 0 Å². The fourth-order valence-electron chi connectivity index (χ4n) is 6.86. The Hall–Kier alpha value is -8.11. The summed E-state index contributed by atoms with van der Waals surface area (Å²) in [5.74, 6) is 1.08. The number of nitro benzene ring substituents is 2. The number of hydrogen-bond donors (Lipinski definition) is 0. The summed E-state index contributed by atoms with van der Waals surface area (Å²) in [5, 5.41) is 24.1. The quantitative estimate of drug-likeness (QED) is 0.0471. The van der Waals surface area contributed by atoms with Crippen LogP contribution in [0.3, 0.4) is 0 Å². The van der Waals surface area contributed by atoms with Crippen LogP contribution in [0.25, 0.3) is 10.8 Å². The highest BCUT2D eigenvalue weighted by atomic mass is 16.6. The first-order valence-corrected chi connectivity index (χ1v) is 19.1. The molecule has 288 valence electrons. The van der Waals surface area contributed by atoms with E-state index in [-0.39, 0.29) is 11.4 Å². The average molecular weight is 784 g/mol. The summed E-state index contributed by atoms with van der Waals surface area (Å²) in [6.45, 7) is -1.03. The molecule has 0 aliphatic carbocycles. The van der Waals surface area contributed by atoms with Crippen LogP contribution in [0.15, 0.2) is 204 Å². The average Bonchev–Trinajstić information content (AvgIpc) is 3.30. The minimum absolute atomic E-state index is 0.0259. The van der Waals surface area contributed by atoms with Crippen molar-refractivity contribution < 1.29 is 19.2 Å². The molecular formula is C48H34B2N4O6. The van der Waals surface area contributed by atoms with Gasteiger partial charge >= 0.3 is 13.8 Å². The van der Waals surface area contributed by atoms with E-state index >= 15 is 0 Å². The van der Waals surface area contributed by atoms with E-state index in [0.717, 1.165) is 32.6 Å². The van der Waals surface area contributed by atoms with Crippen LogP contribution in [-0.2, 0) is 0 Å². The third kappa shape index (κ3) is 8.88. The second-order valence-corrected chi connectivity index (χ2v) is 13.8. The van der Waals surface area contributed by atoms with Crippen molar-refractivity contribution in [2.24, 2.45) is 9.98 Å². The van der Waals surface area contributed by atoms with Gasteiger partial charge in [0.15, 0.2) is 0 Å². The van der Waals surface area contributed by atoms with Crippen molar-refractivity contribution in [3.63, 3.8) is 0 Å². The largest absolute Gasteiger partial charge is 0.550 e. The van der Waals surface area contributed by atoms with Gasteiger partial charge in [-0.2, -0.15) is 0 Å². The minimum atomic E-state index is -0.515. The van der Waals surface area contributed by atoms with Crippen LogP contribution in [0, 0.1) is 20.2 Å². The third-order valence-electron chi connectivity index (χ3n) is 9.87. The van der Waals surface area contributed by atoms with Crippen LogP contribution >= 0.6 is 0 Å². The van der Waals surface area contributed by atoms with Gasteiger partial charge in [0.2, 0.25) is 0 Å². The van der Waals surface area contributed by atoms with Crippen molar-refractivity contribution in [2.75, 3.05) is 0 Å². The number of benzene rings is 8. The van der Waals surface area contributed by atoms with Crippen molar-refractivity contribution in [3.8, 4) is 11.5 Å². The SMILES string of the molecule is O=[N+]([O-])c1ccc(N=Cc2ccc3c(OB(c4ccccc4)c4ccccc4)c(C=Nc4ccc([N+](=O)[O-])cc4)ccc3c2OB(c2ccccc2)c2ccccc2)cc1. The number of nitrogens with zero attached hydrogens (tertiary/aromatic N) is 4. The molecule has 0 spiro atoms. The number of aliphatic imine (C=N–C) groups is 2. The topological polar surface area (TPSA) is 129 Å². The van der Waals surface area contributed by atoms with E-state index in [1.54, 1.807) is 36.7 Å². The summed E-state index contributed by atoms with van der Waals surface area (Å²) in [5.41, 5.74) is 6.10. The summed E-state index contributed by atoms with van der Waals surface area (Å²) in [6, 6.07) is 59.7. The molecule has 0 saturated carbocycles. The molecule has 8 aromatic rings. The second kappa shape index (κ2) is 18.0. The molecular weight excluding hydrogens is 750 g/mol. The van der Waals surface area contributed by atoms with E-state index in [4.69, 9.17) is 19.3 Å². The lowest BCUT2D eigenvalue weighted by Crippen LogP contribution is -2.48. The van der Waals surface area contributed by atoms with Gasteiger partial charge in [-0.15, -0.1) is 0 Å². The Morgan fingerprint density at radius 3 is 0.983 bits per heavy atom. The van der Waals surface area contributed by atoms with E-state index in [1.165, 1.54) is 24.3 Å². The van der Waals surface area contributed by atoms with Gasteiger partial charge in [0.1, 0.15) is 11.5 Å². The van der Waals surface area contributed by atoms with E-state index in [0.29, 0.717) is 34.0 Å². The molecule has 0 fully saturated rings. The first-order valence-electron chi connectivity index (χ1n) is 19.1. The van der Waals surface area contributed by atoms with E-state index in [9.17, 15) is 20.2 Å². The molecule has 0 radical (unpaired) electrons. The highest BCUT2D eigenvalue weighted by molar-refractivity contribution is 6.81. The normalized spacial score (nSPS) is 11.1. The van der Waals surface area contributed by atoms with E-state index in [1.807, 2.05) is 146 Å². The molecule has 60 heavy (non-hydrogen) atoms. The molecule has 0 heterocycles. The summed E-state index contributed by atoms with van der Waals surface area (Å²) >= 11 is 0. The molecule has 0 bridgehead atoms. The smallest absolute Gasteiger partial charge is 0.426 e. The summed E-state index contributed by atoms with van der Waals surface area (Å²) in [7, 11) is 0. The Bertz CT molecular complexity index is 2540. The first kappa shape index (κ1) is 38.7. The molecule has 8 rings (SSSR count). The predicted octanol–water partition coefficient (Wildman–Crippen LogP) is 8.53. The van der Waals surface area contributed by atoms with E-state index < -0.39 is 23.7 Å². The van der Waals surface area contributed by atoms with Crippen LogP contribution in [0.5, 0.6) is 11.5 Å². The Labute approximate surface area is 346 Å². The van der Waals surface area contributed by atoms with Crippen LogP contribution in [0.2, 0.25) is 0 Å². The van der Waals surface area contributed by atoms with Gasteiger partial charge in [-0.05, 0) is 70.4 Å². The highest BCUT2D eigenvalue weighted by Gasteiger charge is 2.28. The number of hydrogen-bond acceptors (Lipinski definition) is 8. The number of fused-ring (bicyclic) bond motifs is 1. The summed E-state index contributed by atoms with van der Waals surface area (Å²) < 4.78 is 14.3. The maximum atomic E-state index is 11.3. The summed E-state index contributed by atoms with van der Waals surface area (Å²) in [4.78, 5) is 31.2. The first-order chi connectivity index (χ1) is 29.4. The van der Waals surface area contributed by atoms with Crippen molar-refractivity contribution in [2.45, 2.75) is 0 Å². The fraction of sp³-hybridized carbons (Fsp3) is 0. The zero-order valence-electron chi connectivity index (χ0n) is 32.0. The van der Waals surface area contributed by atoms with Gasteiger partial charge in [-0.3, -0.25) is 30.2 Å². The van der Waals surface area contributed by atoms with Gasteiger partial charge in [0.25, 0.3) is 11.4 Å². The number of non-ortho nitro benzene ring substituents is 2. The molecule has 0 N–H and O–H groups in total. The molecule has 0 aliphatic heterocycles. The van der Waals surface area contributed by atoms with Gasteiger partial charge in [0.05, 0.1) is 21.2 Å². The van der Waals surface area contributed by atoms with Gasteiger partial charge in [0, 0.05) is 58.6 Å². The Kier molecular flexibility index (Phi) is 11.6. The maximum absolute atomic E-state index is 11.3. The van der Waals surface area contributed by atoms with Crippen LogP contribution in [0.1, 0.15) is 11.1 Å². The van der Waals surface area contributed by atoms with E-state index in [2.05, 4.69) is 0 Å². The van der Waals surface area contributed by atoms with Crippen molar-refractivity contribution >= 4 is 81.6 Å². The molecule has 10 nitrogen and oxygen atoms in total. The van der Waals surface area contributed by atoms with Gasteiger partial charge < -0.3 is 9.31 Å². The van der Waals surface area contributed by atoms with Crippen LogP contribution < -0.4 is 31.2 Å². The monoisotopic (exact) mass is 784 g/mol. The highest BCUT2D eigenvalue weighted by Crippen LogP contribution is 2.38. The molecule has 0 amide bonds. The van der Waals surface area contributed by atoms with Gasteiger partial charge in [-0.1, -0.05) is 121 Å². The molecule has 0 unspecified atom stereocenters. The Morgan fingerprint density at radius 1 is 0.400 bits per heavy atom. The lowest BCUT2D eigenvalue weighted by atomic mass is 9.55. The zero-order valence-corrected chi connectivity index (χ0v) is 32.0. The van der Waals surface area contributed by atoms with Crippen molar-refractivity contribution in [3.05, 3.63) is 225 Å². The zero-order chi connectivity index (χ0) is 41.3. The molecule has 0 atom stereocenters. The molecule has 8 aromatic carbocycles. The Balaban J connectivity index is 1.33. The second-order valence-electron chi connectivity index (χ2n) is 13.8. The number of nitro groups is 2. The molecule has 0 aliphatic rings. The molecule has 12 heteroatoms.